The van der Waals surface area contributed by atoms with E-state index in [1.165, 1.54) is 0 Å². The number of carboxylic acids is 1. The standard InChI is InChI=1S/C11H16F3NO3/c1-7-2-3-10(4-7,5-8(16)17)6-15-9(18)11(12,13)14/h7H,2-6H2,1H3,(H,15,18)(H,16,17). The van der Waals surface area contributed by atoms with Gasteiger partial charge in [-0.05, 0) is 24.2 Å². The summed E-state index contributed by atoms with van der Waals surface area (Å²) in [5.74, 6) is -2.79. The van der Waals surface area contributed by atoms with Crippen molar-refractivity contribution in [2.24, 2.45) is 11.3 Å². The molecule has 0 aliphatic heterocycles. The van der Waals surface area contributed by atoms with Crippen LogP contribution in [-0.4, -0.2) is 29.7 Å². The Morgan fingerprint density at radius 2 is 2.06 bits per heavy atom. The molecule has 2 atom stereocenters. The number of amides is 1. The van der Waals surface area contributed by atoms with E-state index >= 15 is 0 Å². The number of alkyl halides is 3. The lowest BCUT2D eigenvalue weighted by molar-refractivity contribution is -0.174. The van der Waals surface area contributed by atoms with E-state index in [2.05, 4.69) is 0 Å². The summed E-state index contributed by atoms with van der Waals surface area (Å²) < 4.78 is 36.2. The smallest absolute Gasteiger partial charge is 0.471 e. The Bertz CT molecular complexity index is 343. The Labute approximate surface area is 103 Å². The van der Waals surface area contributed by atoms with Gasteiger partial charge in [-0.25, -0.2) is 0 Å². The zero-order valence-corrected chi connectivity index (χ0v) is 10.0. The monoisotopic (exact) mass is 267 g/mol. The van der Waals surface area contributed by atoms with Crippen molar-refractivity contribution in [3.8, 4) is 0 Å². The maximum Gasteiger partial charge on any atom is 0.471 e. The number of carbonyl (C=O) groups excluding carboxylic acids is 1. The van der Waals surface area contributed by atoms with Crippen molar-refractivity contribution >= 4 is 11.9 Å². The molecule has 1 aliphatic rings. The predicted molar refractivity (Wildman–Crippen MR) is 56.8 cm³/mol. The Balaban J connectivity index is 2.64. The summed E-state index contributed by atoms with van der Waals surface area (Å²) in [5, 5.41) is 10.6. The number of rotatable bonds is 4. The van der Waals surface area contributed by atoms with Crippen LogP contribution >= 0.6 is 0 Å². The fourth-order valence-corrected chi connectivity index (χ4v) is 2.57. The van der Waals surface area contributed by atoms with Gasteiger partial charge in [0.2, 0.25) is 0 Å². The molecule has 7 heteroatoms. The first kappa shape index (κ1) is 14.8. The predicted octanol–water partition coefficient (Wildman–Crippen LogP) is 1.95. The van der Waals surface area contributed by atoms with E-state index < -0.39 is 23.5 Å². The van der Waals surface area contributed by atoms with Crippen LogP contribution in [-0.2, 0) is 9.59 Å². The van der Waals surface area contributed by atoms with E-state index in [1.807, 2.05) is 6.92 Å². The molecule has 4 nitrogen and oxygen atoms in total. The number of halogens is 3. The molecular weight excluding hydrogens is 251 g/mol. The highest BCUT2D eigenvalue weighted by Crippen LogP contribution is 2.43. The van der Waals surface area contributed by atoms with E-state index in [4.69, 9.17) is 5.11 Å². The van der Waals surface area contributed by atoms with E-state index in [0.717, 1.165) is 6.42 Å². The van der Waals surface area contributed by atoms with Crippen LogP contribution in [0.4, 0.5) is 13.2 Å². The molecule has 2 unspecified atom stereocenters. The second kappa shape index (κ2) is 5.16. The third-order valence-corrected chi connectivity index (χ3v) is 3.36. The van der Waals surface area contributed by atoms with Crippen molar-refractivity contribution in [2.75, 3.05) is 6.54 Å². The number of hydrogen-bond donors (Lipinski definition) is 2. The summed E-state index contributed by atoms with van der Waals surface area (Å²) >= 11 is 0. The normalized spacial score (nSPS) is 28.1. The first-order valence-electron chi connectivity index (χ1n) is 5.71. The van der Waals surface area contributed by atoms with Gasteiger partial charge in [-0.3, -0.25) is 9.59 Å². The van der Waals surface area contributed by atoms with Gasteiger partial charge < -0.3 is 10.4 Å². The Hall–Kier alpha value is -1.27. The van der Waals surface area contributed by atoms with Gasteiger partial charge >= 0.3 is 18.1 Å². The van der Waals surface area contributed by atoms with Crippen LogP contribution < -0.4 is 5.32 Å². The van der Waals surface area contributed by atoms with Crippen LogP contribution in [0.25, 0.3) is 0 Å². The van der Waals surface area contributed by atoms with E-state index in [1.54, 1.807) is 5.32 Å². The Kier molecular flexibility index (Phi) is 4.24. The van der Waals surface area contributed by atoms with E-state index in [9.17, 15) is 22.8 Å². The summed E-state index contributed by atoms with van der Waals surface area (Å²) in [4.78, 5) is 21.5. The molecule has 1 amide bonds. The van der Waals surface area contributed by atoms with Crippen molar-refractivity contribution in [1.82, 2.24) is 5.32 Å². The van der Waals surface area contributed by atoms with Crippen LogP contribution in [0.3, 0.4) is 0 Å². The fourth-order valence-electron chi connectivity index (χ4n) is 2.57. The summed E-state index contributed by atoms with van der Waals surface area (Å²) in [6.45, 7) is 1.69. The zero-order valence-electron chi connectivity index (χ0n) is 10.0. The average molecular weight is 267 g/mol. The SMILES string of the molecule is CC1CCC(CNC(=O)C(F)(F)F)(CC(=O)O)C1. The van der Waals surface area contributed by atoms with Crippen molar-refractivity contribution in [1.29, 1.82) is 0 Å². The van der Waals surface area contributed by atoms with Gasteiger partial charge in [0.25, 0.3) is 0 Å². The minimum Gasteiger partial charge on any atom is -0.481 e. The molecule has 104 valence electrons. The number of aliphatic carboxylic acids is 1. The third kappa shape index (κ3) is 3.89. The maximum atomic E-state index is 12.1. The molecule has 0 bridgehead atoms. The van der Waals surface area contributed by atoms with Gasteiger partial charge in [-0.2, -0.15) is 13.2 Å². The molecule has 1 saturated carbocycles. The van der Waals surface area contributed by atoms with Crippen LogP contribution in [0.2, 0.25) is 0 Å². The average Bonchev–Trinajstić information content (AvgIpc) is 2.54. The summed E-state index contributed by atoms with van der Waals surface area (Å²) in [6, 6.07) is 0. The first-order valence-corrected chi connectivity index (χ1v) is 5.71. The van der Waals surface area contributed by atoms with Gasteiger partial charge in [-0.1, -0.05) is 13.3 Å². The summed E-state index contributed by atoms with van der Waals surface area (Å²) in [7, 11) is 0. The Morgan fingerprint density at radius 3 is 2.44 bits per heavy atom. The molecule has 18 heavy (non-hydrogen) atoms. The number of carbonyl (C=O) groups is 2. The molecule has 0 spiro atoms. The molecule has 0 aromatic heterocycles. The minimum atomic E-state index is -4.92. The largest absolute Gasteiger partial charge is 0.481 e. The molecule has 2 N–H and O–H groups in total. The van der Waals surface area contributed by atoms with Crippen molar-refractivity contribution < 1.29 is 27.9 Å². The van der Waals surface area contributed by atoms with Crippen molar-refractivity contribution in [2.45, 2.75) is 38.8 Å². The van der Waals surface area contributed by atoms with Crippen LogP contribution in [0.1, 0.15) is 32.6 Å². The third-order valence-electron chi connectivity index (χ3n) is 3.36. The van der Waals surface area contributed by atoms with E-state index in [0.29, 0.717) is 12.8 Å². The highest BCUT2D eigenvalue weighted by molar-refractivity contribution is 5.81. The molecule has 1 rings (SSSR count). The van der Waals surface area contributed by atoms with Crippen LogP contribution in [0.5, 0.6) is 0 Å². The number of hydrogen-bond acceptors (Lipinski definition) is 2. The quantitative estimate of drug-likeness (QED) is 0.818. The lowest BCUT2D eigenvalue weighted by Crippen LogP contribution is -2.43. The maximum absolute atomic E-state index is 12.1. The summed E-state index contributed by atoms with van der Waals surface area (Å²) in [5.41, 5.74) is -0.744. The molecule has 0 radical (unpaired) electrons. The number of nitrogens with one attached hydrogen (secondary N) is 1. The zero-order chi connectivity index (χ0) is 14.0. The van der Waals surface area contributed by atoms with Crippen molar-refractivity contribution in [3.63, 3.8) is 0 Å². The van der Waals surface area contributed by atoms with Gasteiger partial charge in [-0.15, -0.1) is 0 Å². The highest BCUT2D eigenvalue weighted by Gasteiger charge is 2.43. The van der Waals surface area contributed by atoms with E-state index in [-0.39, 0.29) is 18.9 Å². The fraction of sp³-hybridized carbons (Fsp3) is 0.818. The van der Waals surface area contributed by atoms with Gasteiger partial charge in [0, 0.05) is 6.54 Å². The minimum absolute atomic E-state index is 0.213. The van der Waals surface area contributed by atoms with Crippen LogP contribution in [0.15, 0.2) is 0 Å². The second-order valence-corrected chi connectivity index (χ2v) is 5.10. The topological polar surface area (TPSA) is 66.4 Å². The molecule has 0 aromatic carbocycles. The molecule has 1 fully saturated rings. The first-order chi connectivity index (χ1) is 8.15. The van der Waals surface area contributed by atoms with Crippen LogP contribution in [0, 0.1) is 11.3 Å². The summed E-state index contributed by atoms with van der Waals surface area (Å²) in [6.07, 6.45) is -3.31. The van der Waals surface area contributed by atoms with Gasteiger partial charge in [0.15, 0.2) is 0 Å². The van der Waals surface area contributed by atoms with Gasteiger partial charge in [0.1, 0.15) is 0 Å². The lowest BCUT2D eigenvalue weighted by atomic mass is 9.82. The Morgan fingerprint density at radius 1 is 1.44 bits per heavy atom. The highest BCUT2D eigenvalue weighted by atomic mass is 19.4. The van der Waals surface area contributed by atoms with Crippen molar-refractivity contribution in [3.05, 3.63) is 0 Å². The second-order valence-electron chi connectivity index (χ2n) is 5.10. The molecule has 0 saturated heterocycles. The molecule has 0 heterocycles. The molecular formula is C11H16F3NO3. The lowest BCUT2D eigenvalue weighted by Gasteiger charge is -2.28. The molecule has 1 aliphatic carbocycles. The number of carboxylic acid groups (broad SMARTS) is 1. The van der Waals surface area contributed by atoms with Gasteiger partial charge in [0.05, 0.1) is 6.42 Å². The molecule has 0 aromatic rings.